The third-order valence-electron chi connectivity index (χ3n) is 3.51. The lowest BCUT2D eigenvalue weighted by Gasteiger charge is -2.36. The van der Waals surface area contributed by atoms with Crippen molar-refractivity contribution < 1.29 is 35.9 Å². The highest BCUT2D eigenvalue weighted by atomic mass is 79.9. The molecule has 0 atom stereocenters. The van der Waals surface area contributed by atoms with Crippen LogP contribution in [0.2, 0.25) is 0 Å². The number of carbonyl (C=O) groups excluding carboxylic acids is 2. The van der Waals surface area contributed by atoms with Crippen molar-refractivity contribution in [2.24, 2.45) is 10.3 Å². The molecule has 2 aliphatic heterocycles. The first-order chi connectivity index (χ1) is 12.3. The number of primary sulfonamides is 2. The maximum absolute atomic E-state index is 10.7. The van der Waals surface area contributed by atoms with Crippen molar-refractivity contribution in [1.29, 1.82) is 0 Å². The molecule has 0 bridgehead atoms. The molecule has 12 nitrogen and oxygen atoms in total. The number of nitrogens with zero attached hydrogens (tertiary/aromatic N) is 1. The van der Waals surface area contributed by atoms with Gasteiger partial charge in [-0.3, -0.25) is 14.5 Å². The minimum absolute atomic E-state index is 0. The summed E-state index contributed by atoms with van der Waals surface area (Å²) in [5.41, 5.74) is 0. The fourth-order valence-corrected chi connectivity index (χ4v) is 3.42. The van der Waals surface area contributed by atoms with E-state index in [0.29, 0.717) is 26.2 Å². The van der Waals surface area contributed by atoms with E-state index >= 15 is 0 Å². The summed E-state index contributed by atoms with van der Waals surface area (Å²) in [5.74, 6) is -0.608. The molecule has 0 aromatic heterocycles. The van der Waals surface area contributed by atoms with Gasteiger partial charge in [-0.2, -0.15) is 0 Å². The molecular formula is C12H26BrClN4O8S2. The van der Waals surface area contributed by atoms with Crippen LogP contribution < -0.4 is 15.6 Å². The number of hydrogen-bond acceptors (Lipinski definition) is 10. The van der Waals surface area contributed by atoms with Crippen molar-refractivity contribution in [3.05, 3.63) is 0 Å². The Morgan fingerprint density at radius 1 is 1.00 bits per heavy atom. The highest BCUT2D eigenvalue weighted by Crippen LogP contribution is 2.13. The van der Waals surface area contributed by atoms with E-state index in [1.165, 1.54) is 14.2 Å². The molecular weight excluding hydrogens is 508 g/mol. The van der Waals surface area contributed by atoms with Gasteiger partial charge in [0.15, 0.2) is 0 Å². The second-order valence-corrected chi connectivity index (χ2v) is 9.81. The number of sulfonamides is 2. The van der Waals surface area contributed by atoms with Crippen LogP contribution >= 0.6 is 28.3 Å². The van der Waals surface area contributed by atoms with Gasteiger partial charge in [0.25, 0.3) is 0 Å². The quantitative estimate of drug-likeness (QED) is 0.249. The van der Waals surface area contributed by atoms with Crippen molar-refractivity contribution in [3.8, 4) is 0 Å². The van der Waals surface area contributed by atoms with Crippen LogP contribution in [0.1, 0.15) is 0 Å². The summed E-state index contributed by atoms with van der Waals surface area (Å²) in [7, 11) is -4.02. The summed E-state index contributed by atoms with van der Waals surface area (Å²) in [5, 5.41) is 11.9. The van der Waals surface area contributed by atoms with E-state index in [2.05, 4.69) is 30.7 Å². The topological polar surface area (TPSA) is 188 Å². The molecule has 16 heteroatoms. The zero-order chi connectivity index (χ0) is 21.3. The fourth-order valence-electron chi connectivity index (χ4n) is 1.66. The van der Waals surface area contributed by atoms with Crippen molar-refractivity contribution >= 4 is 60.3 Å². The second kappa shape index (κ2) is 13.6. The van der Waals surface area contributed by atoms with Crippen LogP contribution in [0, 0.1) is 0 Å². The first kappa shape index (κ1) is 29.6. The van der Waals surface area contributed by atoms with E-state index in [-0.39, 0.29) is 41.5 Å². The van der Waals surface area contributed by atoms with Gasteiger partial charge in [-0.15, -0.1) is 12.4 Å². The minimum Gasteiger partial charge on any atom is -0.468 e. The lowest BCUT2D eigenvalue weighted by atomic mass is 10.2. The Bertz CT molecular complexity index is 690. The Labute approximate surface area is 179 Å². The average molecular weight is 534 g/mol. The standard InChI is InChI=1S/C6H12N2O4S.C3H5BrO2.C3H8N2O2S.ClH/c1-12-6(9)4-8-2-5(3-8)13(7,10)11;1-6-3(5)2-4;4-8(6,7)3-1-5-2-3;/h5H,2-4H2,1H3,(H2,7,10,11);2H2,1H3;3,5H,1-2H2,(H2,4,6,7);1H. The molecule has 2 saturated heterocycles. The average Bonchev–Trinajstić information content (AvgIpc) is 2.45. The van der Waals surface area contributed by atoms with Gasteiger partial charge >= 0.3 is 11.9 Å². The molecule has 0 radical (unpaired) electrons. The van der Waals surface area contributed by atoms with Crippen LogP contribution in [0.3, 0.4) is 0 Å². The summed E-state index contributed by atoms with van der Waals surface area (Å²) < 4.78 is 50.8. The first-order valence-electron chi connectivity index (χ1n) is 7.51. The van der Waals surface area contributed by atoms with Gasteiger partial charge in [0.05, 0.1) is 26.0 Å². The largest absolute Gasteiger partial charge is 0.468 e. The van der Waals surface area contributed by atoms with Crippen LogP contribution in [0.15, 0.2) is 0 Å². The third-order valence-corrected chi connectivity index (χ3v) is 6.46. The van der Waals surface area contributed by atoms with Crippen molar-refractivity contribution in [2.75, 3.05) is 52.3 Å². The van der Waals surface area contributed by atoms with Gasteiger partial charge in [0, 0.05) is 26.2 Å². The molecule has 5 N–H and O–H groups in total. The van der Waals surface area contributed by atoms with Crippen LogP contribution in [0.4, 0.5) is 0 Å². The second-order valence-electron chi connectivity index (χ2n) is 5.56. The number of hydrogen-bond donors (Lipinski definition) is 3. The monoisotopic (exact) mass is 532 g/mol. The van der Waals surface area contributed by atoms with Gasteiger partial charge < -0.3 is 14.8 Å². The highest BCUT2D eigenvalue weighted by molar-refractivity contribution is 9.09. The van der Waals surface area contributed by atoms with Crippen molar-refractivity contribution in [2.45, 2.75) is 10.5 Å². The van der Waals surface area contributed by atoms with Crippen molar-refractivity contribution in [1.82, 2.24) is 10.2 Å². The predicted octanol–water partition coefficient (Wildman–Crippen LogP) is -2.65. The van der Waals surface area contributed by atoms with E-state index in [9.17, 15) is 26.4 Å². The zero-order valence-electron chi connectivity index (χ0n) is 15.4. The van der Waals surface area contributed by atoms with Gasteiger partial charge in [-0.25, -0.2) is 27.1 Å². The summed E-state index contributed by atoms with van der Waals surface area (Å²) >= 11 is 2.90. The maximum atomic E-state index is 10.7. The molecule has 0 amide bonds. The lowest BCUT2D eigenvalue weighted by molar-refractivity contribution is -0.142. The lowest BCUT2D eigenvalue weighted by Crippen LogP contribution is -2.57. The molecule has 0 aliphatic carbocycles. The number of methoxy groups -OCH3 is 2. The number of carbonyl (C=O) groups is 2. The van der Waals surface area contributed by atoms with Crippen LogP contribution in [0.5, 0.6) is 0 Å². The molecule has 2 fully saturated rings. The number of alkyl halides is 1. The number of nitrogens with two attached hydrogens (primary N) is 2. The van der Waals surface area contributed by atoms with E-state index in [1.54, 1.807) is 4.90 Å². The predicted molar refractivity (Wildman–Crippen MR) is 108 cm³/mol. The molecule has 0 spiro atoms. The molecule has 2 rings (SSSR count). The normalized spacial score (nSPS) is 17.2. The Hall–Kier alpha value is -0.550. The summed E-state index contributed by atoms with van der Waals surface area (Å²) in [4.78, 5) is 22.3. The zero-order valence-corrected chi connectivity index (χ0v) is 19.4. The van der Waals surface area contributed by atoms with E-state index < -0.39 is 25.3 Å². The van der Waals surface area contributed by atoms with Crippen molar-refractivity contribution in [3.63, 3.8) is 0 Å². The molecule has 0 saturated carbocycles. The third kappa shape index (κ3) is 12.1. The van der Waals surface area contributed by atoms with Crippen LogP contribution in [-0.2, 0) is 39.1 Å². The number of esters is 2. The molecule has 2 aliphatic rings. The smallest absolute Gasteiger partial charge is 0.319 e. The molecule has 168 valence electrons. The Morgan fingerprint density at radius 2 is 1.43 bits per heavy atom. The number of nitrogens with one attached hydrogen (secondary N) is 1. The SMILES string of the molecule is COC(=O)CBr.COC(=O)CN1CC(S(N)(=O)=O)C1.Cl.NS(=O)(=O)C1CNC1. The Kier molecular flexibility index (Phi) is 14.4. The maximum Gasteiger partial charge on any atom is 0.319 e. The van der Waals surface area contributed by atoms with Crippen LogP contribution in [-0.4, -0.2) is 96.4 Å². The van der Waals surface area contributed by atoms with Gasteiger partial charge in [0.2, 0.25) is 20.0 Å². The van der Waals surface area contributed by atoms with Gasteiger partial charge in [-0.05, 0) is 0 Å². The number of ether oxygens (including phenoxy) is 2. The van der Waals surface area contributed by atoms with E-state index in [1.807, 2.05) is 0 Å². The Morgan fingerprint density at radius 3 is 1.61 bits per heavy atom. The van der Waals surface area contributed by atoms with E-state index in [4.69, 9.17) is 10.3 Å². The first-order valence-corrected chi connectivity index (χ1v) is 11.8. The molecule has 0 aromatic carbocycles. The van der Waals surface area contributed by atoms with Crippen LogP contribution in [0.25, 0.3) is 0 Å². The summed E-state index contributed by atoms with van der Waals surface area (Å²) in [6.45, 7) is 1.78. The molecule has 0 aromatic rings. The van der Waals surface area contributed by atoms with Gasteiger partial charge in [-0.1, -0.05) is 15.9 Å². The Balaban J connectivity index is 0. The van der Waals surface area contributed by atoms with Gasteiger partial charge in [0.1, 0.15) is 10.6 Å². The minimum atomic E-state index is -3.44. The number of halogens is 2. The molecule has 2 heterocycles. The summed E-state index contributed by atoms with van der Waals surface area (Å²) in [6, 6.07) is 0. The number of rotatable bonds is 5. The molecule has 28 heavy (non-hydrogen) atoms. The fraction of sp³-hybridized carbons (Fsp3) is 0.833. The number of likely N-dealkylation sites (tertiary alicyclic amines) is 1. The molecule has 0 unspecified atom stereocenters. The highest BCUT2D eigenvalue weighted by Gasteiger charge is 2.35. The summed E-state index contributed by atoms with van der Waals surface area (Å²) in [6.07, 6.45) is 0. The van der Waals surface area contributed by atoms with E-state index in [0.717, 1.165) is 0 Å².